The minimum absolute atomic E-state index is 0.0765. The maximum Gasteiger partial charge on any atom is 0.392 e. The second kappa shape index (κ2) is 6.44. The van der Waals surface area contributed by atoms with Gasteiger partial charge in [-0.25, -0.2) is 0 Å². The lowest BCUT2D eigenvalue weighted by molar-refractivity contribution is -0.185. The standard InChI is InChI=1S/C16H23F3/c1-11(2)8-13-6-5-7-14(9-13)10-15(12(3)4)16(17,18)19/h5-7,9,11-12,15H,8,10H2,1-4H3. The summed E-state index contributed by atoms with van der Waals surface area (Å²) >= 11 is 0. The van der Waals surface area contributed by atoms with Crippen LogP contribution in [0.25, 0.3) is 0 Å². The summed E-state index contributed by atoms with van der Waals surface area (Å²) in [5, 5.41) is 0. The van der Waals surface area contributed by atoms with Crippen LogP contribution in [0.4, 0.5) is 13.2 Å². The van der Waals surface area contributed by atoms with Gasteiger partial charge < -0.3 is 0 Å². The molecule has 0 heterocycles. The molecule has 1 atom stereocenters. The van der Waals surface area contributed by atoms with Crippen molar-refractivity contribution in [3.05, 3.63) is 35.4 Å². The van der Waals surface area contributed by atoms with Gasteiger partial charge in [0.25, 0.3) is 0 Å². The van der Waals surface area contributed by atoms with Crippen LogP contribution in [0.1, 0.15) is 38.8 Å². The predicted octanol–water partition coefficient (Wildman–Crippen LogP) is 5.26. The minimum atomic E-state index is -4.12. The molecule has 0 radical (unpaired) electrons. The average Bonchev–Trinajstić information content (AvgIpc) is 2.23. The van der Waals surface area contributed by atoms with Crippen molar-refractivity contribution < 1.29 is 13.2 Å². The molecule has 1 rings (SSSR count). The van der Waals surface area contributed by atoms with Gasteiger partial charge in [-0.2, -0.15) is 13.2 Å². The molecule has 0 saturated carbocycles. The van der Waals surface area contributed by atoms with Gasteiger partial charge in [0.15, 0.2) is 0 Å². The topological polar surface area (TPSA) is 0 Å². The van der Waals surface area contributed by atoms with Gasteiger partial charge in [0.1, 0.15) is 0 Å². The highest BCUT2D eigenvalue weighted by atomic mass is 19.4. The fourth-order valence-corrected chi connectivity index (χ4v) is 2.34. The van der Waals surface area contributed by atoms with Crippen LogP contribution in [0.3, 0.4) is 0 Å². The van der Waals surface area contributed by atoms with Gasteiger partial charge >= 0.3 is 6.18 Å². The first-order valence-electron chi connectivity index (χ1n) is 6.84. The highest BCUT2D eigenvalue weighted by Gasteiger charge is 2.41. The maximum absolute atomic E-state index is 13.0. The third-order valence-corrected chi connectivity index (χ3v) is 3.32. The van der Waals surface area contributed by atoms with E-state index in [9.17, 15) is 13.2 Å². The van der Waals surface area contributed by atoms with Gasteiger partial charge in [-0.05, 0) is 35.8 Å². The van der Waals surface area contributed by atoms with Crippen molar-refractivity contribution in [2.45, 2.75) is 46.7 Å². The molecule has 1 aromatic rings. The monoisotopic (exact) mass is 272 g/mol. The lowest BCUT2D eigenvalue weighted by Crippen LogP contribution is -2.29. The highest BCUT2D eigenvalue weighted by molar-refractivity contribution is 5.24. The number of rotatable bonds is 5. The van der Waals surface area contributed by atoms with Crippen LogP contribution in [0.5, 0.6) is 0 Å². The molecule has 3 heteroatoms. The Morgan fingerprint density at radius 2 is 1.47 bits per heavy atom. The van der Waals surface area contributed by atoms with Crippen LogP contribution in [0.15, 0.2) is 24.3 Å². The predicted molar refractivity (Wildman–Crippen MR) is 73.1 cm³/mol. The summed E-state index contributed by atoms with van der Waals surface area (Å²) in [4.78, 5) is 0. The van der Waals surface area contributed by atoms with E-state index in [0.717, 1.165) is 17.5 Å². The maximum atomic E-state index is 13.0. The van der Waals surface area contributed by atoms with Crippen LogP contribution in [-0.2, 0) is 12.8 Å². The zero-order valence-electron chi connectivity index (χ0n) is 12.1. The van der Waals surface area contributed by atoms with Gasteiger partial charge in [-0.3, -0.25) is 0 Å². The summed E-state index contributed by atoms with van der Waals surface area (Å²) in [5.74, 6) is -1.14. The third kappa shape index (κ3) is 5.25. The lowest BCUT2D eigenvalue weighted by Gasteiger charge is -2.24. The molecule has 0 nitrogen and oxygen atoms in total. The number of hydrogen-bond acceptors (Lipinski definition) is 0. The Kier molecular flexibility index (Phi) is 5.45. The van der Waals surface area contributed by atoms with Crippen molar-refractivity contribution in [3.63, 3.8) is 0 Å². The Bertz CT molecular complexity index is 391. The van der Waals surface area contributed by atoms with Crippen LogP contribution in [0, 0.1) is 17.8 Å². The van der Waals surface area contributed by atoms with Crippen molar-refractivity contribution in [1.29, 1.82) is 0 Å². The van der Waals surface area contributed by atoms with Gasteiger partial charge in [-0.1, -0.05) is 52.0 Å². The van der Waals surface area contributed by atoms with Crippen LogP contribution >= 0.6 is 0 Å². The average molecular weight is 272 g/mol. The van der Waals surface area contributed by atoms with E-state index < -0.39 is 18.0 Å². The van der Waals surface area contributed by atoms with E-state index in [1.54, 1.807) is 19.9 Å². The molecule has 1 unspecified atom stereocenters. The van der Waals surface area contributed by atoms with Crippen molar-refractivity contribution in [1.82, 2.24) is 0 Å². The summed E-state index contributed by atoms with van der Waals surface area (Å²) in [7, 11) is 0. The van der Waals surface area contributed by atoms with E-state index in [1.807, 2.05) is 18.2 Å². The Hall–Kier alpha value is -0.990. The van der Waals surface area contributed by atoms with E-state index in [4.69, 9.17) is 0 Å². The highest BCUT2D eigenvalue weighted by Crippen LogP contribution is 2.34. The summed E-state index contributed by atoms with van der Waals surface area (Å²) in [6, 6.07) is 7.56. The Morgan fingerprint density at radius 1 is 0.947 bits per heavy atom. The molecule has 1 aromatic carbocycles. The summed E-state index contributed by atoms with van der Waals surface area (Å²) in [6.45, 7) is 7.49. The largest absolute Gasteiger partial charge is 0.392 e. The van der Waals surface area contributed by atoms with E-state index in [-0.39, 0.29) is 6.42 Å². The normalized spacial score (nSPS) is 14.2. The molecule has 19 heavy (non-hydrogen) atoms. The molecular formula is C16H23F3. The zero-order valence-corrected chi connectivity index (χ0v) is 12.1. The molecule has 0 N–H and O–H groups in total. The first-order valence-corrected chi connectivity index (χ1v) is 6.84. The second-order valence-electron chi connectivity index (χ2n) is 6.01. The Morgan fingerprint density at radius 3 is 1.89 bits per heavy atom. The smallest absolute Gasteiger partial charge is 0.171 e. The van der Waals surface area contributed by atoms with E-state index in [0.29, 0.717) is 5.92 Å². The van der Waals surface area contributed by atoms with Gasteiger partial charge in [0.05, 0.1) is 5.92 Å². The van der Waals surface area contributed by atoms with E-state index in [2.05, 4.69) is 13.8 Å². The number of benzene rings is 1. The van der Waals surface area contributed by atoms with Crippen LogP contribution in [-0.4, -0.2) is 6.18 Å². The zero-order chi connectivity index (χ0) is 14.6. The molecule has 0 aliphatic rings. The molecule has 0 fully saturated rings. The van der Waals surface area contributed by atoms with Crippen molar-refractivity contribution in [2.75, 3.05) is 0 Å². The second-order valence-corrected chi connectivity index (χ2v) is 6.01. The molecule has 0 aromatic heterocycles. The molecule has 108 valence electrons. The Balaban J connectivity index is 2.85. The van der Waals surface area contributed by atoms with E-state index >= 15 is 0 Å². The van der Waals surface area contributed by atoms with Crippen molar-refractivity contribution >= 4 is 0 Å². The number of hydrogen-bond donors (Lipinski definition) is 0. The fraction of sp³-hybridized carbons (Fsp3) is 0.625. The molecule has 0 amide bonds. The first kappa shape index (κ1) is 16.1. The van der Waals surface area contributed by atoms with Crippen LogP contribution in [0.2, 0.25) is 0 Å². The SMILES string of the molecule is CC(C)Cc1cccc(CC(C(C)C)C(F)(F)F)c1. The van der Waals surface area contributed by atoms with Gasteiger partial charge in [-0.15, -0.1) is 0 Å². The summed E-state index contributed by atoms with van der Waals surface area (Å²) in [6.07, 6.45) is -3.14. The summed E-state index contributed by atoms with van der Waals surface area (Å²) < 4.78 is 38.9. The third-order valence-electron chi connectivity index (χ3n) is 3.32. The summed E-state index contributed by atoms with van der Waals surface area (Å²) in [5.41, 5.74) is 1.91. The Labute approximate surface area is 114 Å². The molecule has 0 aliphatic carbocycles. The quantitative estimate of drug-likeness (QED) is 0.685. The van der Waals surface area contributed by atoms with Crippen molar-refractivity contribution in [2.24, 2.45) is 17.8 Å². The van der Waals surface area contributed by atoms with Gasteiger partial charge in [0, 0.05) is 0 Å². The van der Waals surface area contributed by atoms with Crippen LogP contribution < -0.4 is 0 Å². The molecule has 0 spiro atoms. The van der Waals surface area contributed by atoms with Gasteiger partial charge in [0.2, 0.25) is 0 Å². The molecule has 0 saturated heterocycles. The first-order chi connectivity index (χ1) is 8.70. The number of alkyl halides is 3. The molecular weight excluding hydrogens is 249 g/mol. The van der Waals surface area contributed by atoms with Crippen molar-refractivity contribution in [3.8, 4) is 0 Å². The number of halogens is 3. The fourth-order valence-electron chi connectivity index (χ4n) is 2.34. The molecule has 0 aliphatic heterocycles. The molecule has 0 bridgehead atoms. The lowest BCUT2D eigenvalue weighted by atomic mass is 9.88. The van der Waals surface area contributed by atoms with E-state index in [1.165, 1.54) is 0 Å². The minimum Gasteiger partial charge on any atom is -0.171 e.